The van der Waals surface area contributed by atoms with Crippen molar-refractivity contribution >= 4 is 29.1 Å². The molecule has 17 heavy (non-hydrogen) atoms. The molecule has 1 N–H and O–H groups in total. The molecule has 88 valence electrons. The van der Waals surface area contributed by atoms with Gasteiger partial charge in [0, 0.05) is 6.20 Å². The first kappa shape index (κ1) is 11.9. The van der Waals surface area contributed by atoms with Gasteiger partial charge in [-0.2, -0.15) is 0 Å². The normalized spacial score (nSPS) is 10.2. The summed E-state index contributed by atoms with van der Waals surface area (Å²) in [6.07, 6.45) is 4.06. The number of nitrogens with zero attached hydrogens (tertiary/aromatic N) is 2. The van der Waals surface area contributed by atoms with E-state index in [0.29, 0.717) is 5.69 Å². The second kappa shape index (κ2) is 5.16. The standard InChI is InChI=1S/C10H7Cl2N3O2/c11-8-1-9(12)13-3-7(8)10(16)14-2-6-4-17-5-15-6/h1,3-5H,2H2,(H,14,16). The van der Waals surface area contributed by atoms with Gasteiger partial charge < -0.3 is 9.73 Å². The SMILES string of the molecule is O=C(NCc1cocn1)c1cnc(Cl)cc1Cl. The summed E-state index contributed by atoms with van der Waals surface area (Å²) in [4.78, 5) is 19.4. The van der Waals surface area contributed by atoms with Gasteiger partial charge >= 0.3 is 0 Å². The van der Waals surface area contributed by atoms with Crippen LogP contribution in [0.3, 0.4) is 0 Å². The van der Waals surface area contributed by atoms with E-state index in [-0.39, 0.29) is 28.2 Å². The van der Waals surface area contributed by atoms with Crippen LogP contribution in [0.1, 0.15) is 16.1 Å². The fourth-order valence-electron chi connectivity index (χ4n) is 1.17. The molecule has 5 nitrogen and oxygen atoms in total. The Morgan fingerprint density at radius 1 is 1.41 bits per heavy atom. The van der Waals surface area contributed by atoms with Crippen molar-refractivity contribution in [3.8, 4) is 0 Å². The van der Waals surface area contributed by atoms with Gasteiger partial charge in [-0.1, -0.05) is 23.2 Å². The lowest BCUT2D eigenvalue weighted by atomic mass is 10.2. The molecule has 2 rings (SSSR count). The molecule has 2 aromatic heterocycles. The molecule has 2 heterocycles. The van der Waals surface area contributed by atoms with Gasteiger partial charge in [0.2, 0.25) is 0 Å². The molecule has 0 aliphatic rings. The number of carbonyl (C=O) groups is 1. The lowest BCUT2D eigenvalue weighted by molar-refractivity contribution is 0.0950. The number of hydrogen-bond acceptors (Lipinski definition) is 4. The van der Waals surface area contributed by atoms with E-state index < -0.39 is 0 Å². The monoisotopic (exact) mass is 271 g/mol. The average molecular weight is 272 g/mol. The number of oxazole rings is 1. The molecule has 0 saturated heterocycles. The van der Waals surface area contributed by atoms with Gasteiger partial charge in [0.25, 0.3) is 5.91 Å². The Labute approximate surface area is 107 Å². The number of rotatable bonds is 3. The van der Waals surface area contributed by atoms with E-state index in [2.05, 4.69) is 15.3 Å². The molecule has 2 aromatic rings. The van der Waals surface area contributed by atoms with Crippen molar-refractivity contribution in [2.24, 2.45) is 0 Å². The fraction of sp³-hybridized carbons (Fsp3) is 0.100. The molecule has 0 radical (unpaired) electrons. The van der Waals surface area contributed by atoms with Crippen LogP contribution in [0.4, 0.5) is 0 Å². The third-order valence-electron chi connectivity index (χ3n) is 1.98. The second-order valence-corrected chi connectivity index (χ2v) is 3.94. The van der Waals surface area contributed by atoms with E-state index in [1.807, 2.05) is 0 Å². The van der Waals surface area contributed by atoms with Crippen molar-refractivity contribution in [1.82, 2.24) is 15.3 Å². The molecule has 0 aliphatic carbocycles. The highest BCUT2D eigenvalue weighted by molar-refractivity contribution is 6.36. The zero-order chi connectivity index (χ0) is 12.3. The number of nitrogens with one attached hydrogen (secondary N) is 1. The maximum atomic E-state index is 11.7. The first-order valence-corrected chi connectivity index (χ1v) is 5.38. The first-order chi connectivity index (χ1) is 8.16. The molecule has 0 bridgehead atoms. The summed E-state index contributed by atoms with van der Waals surface area (Å²) in [5.74, 6) is -0.345. The molecule has 1 amide bonds. The molecular weight excluding hydrogens is 265 g/mol. The van der Waals surface area contributed by atoms with Gasteiger partial charge in [0.15, 0.2) is 6.39 Å². The van der Waals surface area contributed by atoms with Gasteiger partial charge in [-0.3, -0.25) is 4.79 Å². The number of hydrogen-bond donors (Lipinski definition) is 1. The maximum Gasteiger partial charge on any atom is 0.254 e. The molecule has 0 saturated carbocycles. The molecule has 0 spiro atoms. The van der Waals surface area contributed by atoms with Crippen molar-refractivity contribution in [2.45, 2.75) is 6.54 Å². The lowest BCUT2D eigenvalue weighted by Crippen LogP contribution is -2.23. The van der Waals surface area contributed by atoms with Crippen LogP contribution >= 0.6 is 23.2 Å². The van der Waals surface area contributed by atoms with Crippen LogP contribution in [0.5, 0.6) is 0 Å². The van der Waals surface area contributed by atoms with Gasteiger partial charge in [0.1, 0.15) is 11.4 Å². The number of pyridine rings is 1. The molecule has 0 aromatic carbocycles. The Bertz CT molecular complexity index is 528. The highest BCUT2D eigenvalue weighted by Gasteiger charge is 2.11. The Hall–Kier alpha value is -1.59. The number of carbonyl (C=O) groups excluding carboxylic acids is 1. The largest absolute Gasteiger partial charge is 0.451 e. The molecule has 7 heteroatoms. The topological polar surface area (TPSA) is 68.0 Å². The van der Waals surface area contributed by atoms with Crippen molar-refractivity contribution < 1.29 is 9.21 Å². The Morgan fingerprint density at radius 2 is 2.24 bits per heavy atom. The summed E-state index contributed by atoms with van der Waals surface area (Å²) < 4.78 is 4.77. The first-order valence-electron chi connectivity index (χ1n) is 4.63. The van der Waals surface area contributed by atoms with E-state index in [1.54, 1.807) is 0 Å². The van der Waals surface area contributed by atoms with Crippen LogP contribution in [0.2, 0.25) is 10.2 Å². The minimum atomic E-state index is -0.345. The molecular formula is C10H7Cl2N3O2. The molecule has 0 fully saturated rings. The van der Waals surface area contributed by atoms with Crippen molar-refractivity contribution in [1.29, 1.82) is 0 Å². The minimum absolute atomic E-state index is 0.239. The summed E-state index contributed by atoms with van der Waals surface area (Å²) in [7, 11) is 0. The van der Waals surface area contributed by atoms with Crippen molar-refractivity contribution in [3.63, 3.8) is 0 Å². The minimum Gasteiger partial charge on any atom is -0.451 e. The van der Waals surface area contributed by atoms with Gasteiger partial charge in [-0.15, -0.1) is 0 Å². The molecule has 0 atom stereocenters. The number of aromatic nitrogens is 2. The molecule has 0 unspecified atom stereocenters. The van der Waals surface area contributed by atoms with Crippen LogP contribution in [0.25, 0.3) is 0 Å². The highest BCUT2D eigenvalue weighted by Crippen LogP contribution is 2.18. The Balaban J connectivity index is 2.04. The Morgan fingerprint density at radius 3 is 2.88 bits per heavy atom. The van der Waals surface area contributed by atoms with E-state index >= 15 is 0 Å². The van der Waals surface area contributed by atoms with Crippen LogP contribution in [-0.2, 0) is 6.54 Å². The predicted octanol–water partition coefficient (Wildman–Crippen LogP) is 2.31. The van der Waals surface area contributed by atoms with Crippen LogP contribution < -0.4 is 5.32 Å². The summed E-state index contributed by atoms with van der Waals surface area (Å²) in [6, 6.07) is 1.41. The zero-order valence-electron chi connectivity index (χ0n) is 8.48. The highest BCUT2D eigenvalue weighted by atomic mass is 35.5. The summed E-state index contributed by atoms with van der Waals surface area (Å²) >= 11 is 11.5. The zero-order valence-corrected chi connectivity index (χ0v) is 10.00. The van der Waals surface area contributed by atoms with E-state index in [4.69, 9.17) is 27.6 Å². The summed E-state index contributed by atoms with van der Waals surface area (Å²) in [6.45, 7) is 0.258. The Kier molecular flexibility index (Phi) is 3.61. The van der Waals surface area contributed by atoms with Gasteiger partial charge in [-0.05, 0) is 6.07 Å². The summed E-state index contributed by atoms with van der Waals surface area (Å²) in [5, 5.41) is 3.12. The lowest BCUT2D eigenvalue weighted by Gasteiger charge is -2.04. The smallest absolute Gasteiger partial charge is 0.254 e. The average Bonchev–Trinajstić information content (AvgIpc) is 2.78. The number of amides is 1. The summed E-state index contributed by atoms with van der Waals surface area (Å²) in [5.41, 5.74) is 0.885. The van der Waals surface area contributed by atoms with E-state index in [0.717, 1.165) is 0 Å². The van der Waals surface area contributed by atoms with E-state index in [1.165, 1.54) is 24.9 Å². The second-order valence-electron chi connectivity index (χ2n) is 3.15. The fourth-order valence-corrected chi connectivity index (χ4v) is 1.62. The maximum absolute atomic E-state index is 11.7. The quantitative estimate of drug-likeness (QED) is 0.870. The third kappa shape index (κ3) is 2.95. The van der Waals surface area contributed by atoms with Crippen molar-refractivity contribution in [2.75, 3.05) is 0 Å². The number of halogens is 2. The predicted molar refractivity (Wildman–Crippen MR) is 61.9 cm³/mol. The van der Waals surface area contributed by atoms with Crippen molar-refractivity contribution in [3.05, 3.63) is 46.4 Å². The van der Waals surface area contributed by atoms with Crippen LogP contribution in [0, 0.1) is 0 Å². The third-order valence-corrected chi connectivity index (χ3v) is 2.50. The van der Waals surface area contributed by atoms with Crippen LogP contribution in [-0.4, -0.2) is 15.9 Å². The van der Waals surface area contributed by atoms with Gasteiger partial charge in [0.05, 0.1) is 22.8 Å². The molecule has 0 aliphatic heterocycles. The van der Waals surface area contributed by atoms with Crippen LogP contribution in [0.15, 0.2) is 29.3 Å². The van der Waals surface area contributed by atoms with E-state index in [9.17, 15) is 4.79 Å². The van der Waals surface area contributed by atoms with Gasteiger partial charge in [-0.25, -0.2) is 9.97 Å².